The largest absolute Gasteiger partial charge is 0.453 e. The summed E-state index contributed by atoms with van der Waals surface area (Å²) in [5, 5.41) is 3.18. The molecule has 0 aromatic heterocycles. The third kappa shape index (κ3) is 8.51. The number of ether oxygens (including phenoxy) is 2. The molecule has 13 heteroatoms. The molecule has 5 fully saturated rings. The molecule has 4 heterocycles. The molecule has 11 nitrogen and oxygen atoms in total. The number of carbonyl (C=O) groups is 2. The minimum absolute atomic E-state index is 0.0215. The van der Waals surface area contributed by atoms with E-state index in [9.17, 15) is 18.0 Å². The molecule has 56 heavy (non-hydrogen) atoms. The molecule has 0 unspecified atom stereocenters. The van der Waals surface area contributed by atoms with Crippen LogP contribution in [-0.2, 0) is 29.5 Å². The molecule has 1 aliphatic carbocycles. The number of hydrogen-bond donors (Lipinski definition) is 1. The lowest BCUT2D eigenvalue weighted by Crippen LogP contribution is -2.68. The van der Waals surface area contributed by atoms with E-state index in [0.717, 1.165) is 95.5 Å². The molecule has 5 aliphatic rings. The molecule has 4 atom stereocenters. The summed E-state index contributed by atoms with van der Waals surface area (Å²) in [6, 6.07) is 14.4. The fourth-order valence-electron chi connectivity index (χ4n) is 10.7. The Morgan fingerprint density at radius 3 is 2.34 bits per heavy atom. The van der Waals surface area contributed by atoms with Gasteiger partial charge in [-0.2, -0.15) is 0 Å². The first-order valence-electron chi connectivity index (χ1n) is 20.6. The van der Waals surface area contributed by atoms with E-state index in [1.54, 1.807) is 30.2 Å². The number of halogens is 1. The second kappa shape index (κ2) is 17.1. The van der Waals surface area contributed by atoms with E-state index in [2.05, 4.69) is 32.7 Å². The van der Waals surface area contributed by atoms with Crippen LogP contribution in [-0.4, -0.2) is 132 Å². The van der Waals surface area contributed by atoms with Crippen LogP contribution in [0.5, 0.6) is 0 Å². The summed E-state index contributed by atoms with van der Waals surface area (Å²) in [4.78, 5) is 33.9. The lowest BCUT2D eigenvalue weighted by molar-refractivity contribution is -0.127. The molecular weight excluding hydrogens is 734 g/mol. The third-order valence-corrected chi connectivity index (χ3v) is 15.6. The molecule has 1 N–H and O–H groups in total. The van der Waals surface area contributed by atoms with E-state index in [1.165, 1.54) is 25.7 Å². The van der Waals surface area contributed by atoms with Gasteiger partial charge in [0.2, 0.25) is 5.91 Å². The first-order chi connectivity index (χ1) is 27.0. The lowest BCUT2D eigenvalue weighted by atomic mass is 9.57. The summed E-state index contributed by atoms with van der Waals surface area (Å²) in [7, 11) is -0.313. The Morgan fingerprint density at radius 2 is 1.70 bits per heavy atom. The summed E-state index contributed by atoms with van der Waals surface area (Å²) >= 11 is 0. The van der Waals surface area contributed by atoms with Gasteiger partial charge in [0.1, 0.15) is 11.4 Å². The molecule has 306 valence electrons. The molecule has 0 radical (unpaired) electrons. The molecule has 0 bridgehead atoms. The van der Waals surface area contributed by atoms with Gasteiger partial charge in [-0.05, 0) is 137 Å². The number of hydrogen-bond acceptors (Lipinski definition) is 9. The van der Waals surface area contributed by atoms with Crippen molar-refractivity contribution >= 4 is 27.5 Å². The summed E-state index contributed by atoms with van der Waals surface area (Å²) < 4.78 is 53.1. The van der Waals surface area contributed by atoms with E-state index in [-0.39, 0.29) is 46.4 Å². The Hall–Kier alpha value is -3.52. The highest BCUT2D eigenvalue weighted by Gasteiger charge is 2.54. The van der Waals surface area contributed by atoms with Crippen LogP contribution in [0.4, 0.5) is 14.9 Å². The van der Waals surface area contributed by atoms with Gasteiger partial charge in [0.05, 0.1) is 30.8 Å². The average molecular weight is 794 g/mol. The number of piperidine rings is 2. The predicted octanol–water partition coefficient (Wildman–Crippen LogP) is 5.11. The van der Waals surface area contributed by atoms with Gasteiger partial charge in [-0.3, -0.25) is 4.79 Å². The van der Waals surface area contributed by atoms with Crippen molar-refractivity contribution in [2.45, 2.75) is 73.3 Å². The molecule has 2 aromatic rings. The maximum Gasteiger partial charge on any atom is 0.407 e. The summed E-state index contributed by atoms with van der Waals surface area (Å²) in [5.41, 5.74) is 1.36. The van der Waals surface area contributed by atoms with Gasteiger partial charge in [-0.15, -0.1) is 0 Å². The minimum Gasteiger partial charge on any atom is -0.453 e. The quantitative estimate of drug-likeness (QED) is 0.261. The van der Waals surface area contributed by atoms with Crippen molar-refractivity contribution in [1.29, 1.82) is 0 Å². The van der Waals surface area contributed by atoms with Crippen molar-refractivity contribution in [3.05, 3.63) is 72.6 Å². The number of nitrogens with zero attached hydrogens (tertiary/aromatic N) is 4. The first kappa shape index (κ1) is 40.7. The van der Waals surface area contributed by atoms with Crippen LogP contribution in [0.2, 0.25) is 0 Å². The monoisotopic (exact) mass is 793 g/mol. The number of likely N-dealkylation sites (tertiary alicyclic amines) is 3. The van der Waals surface area contributed by atoms with Crippen LogP contribution in [0.25, 0.3) is 0 Å². The standard InChI is InChI=1S/C43H60FN5O6S/c1-4-40(50)48-22-7-9-32(26-48)27-56(52,53)37-16-14-36(15-17-37)49-29-42(30-49,55-3)28-47-23-18-33(19-24-47)43(31-46-20-8-21-46,34-10-5-11-35(44)25-34)38-12-6-13-39(38)45-41(51)54-2/h4-5,10-11,14-17,25,32-33,38-39H,1,6-9,12-13,18-24,26-31H2,2-3H3,(H,45,51)/t32-,38-,39-,43-/m0/s1. The smallest absolute Gasteiger partial charge is 0.407 e. The van der Waals surface area contributed by atoms with Crippen LogP contribution in [0.3, 0.4) is 0 Å². The number of carbonyl (C=O) groups excluding carboxylic acids is 2. The predicted molar refractivity (Wildman–Crippen MR) is 215 cm³/mol. The number of methoxy groups -OCH3 is 2. The Balaban J connectivity index is 0.999. The molecule has 4 saturated heterocycles. The van der Waals surface area contributed by atoms with Gasteiger partial charge in [0.15, 0.2) is 9.84 Å². The van der Waals surface area contributed by atoms with Crippen LogP contribution in [0.15, 0.2) is 66.1 Å². The van der Waals surface area contributed by atoms with E-state index in [4.69, 9.17) is 9.47 Å². The van der Waals surface area contributed by atoms with E-state index < -0.39 is 15.9 Å². The van der Waals surface area contributed by atoms with Crippen LogP contribution in [0, 0.1) is 23.6 Å². The second-order valence-electron chi connectivity index (χ2n) is 17.0. The van der Waals surface area contributed by atoms with Crippen molar-refractivity contribution in [2.75, 3.05) is 90.3 Å². The second-order valence-corrected chi connectivity index (χ2v) is 19.1. The van der Waals surface area contributed by atoms with Crippen LogP contribution < -0.4 is 10.2 Å². The zero-order chi connectivity index (χ0) is 39.5. The highest BCUT2D eigenvalue weighted by molar-refractivity contribution is 7.91. The average Bonchev–Trinajstić information content (AvgIpc) is 3.64. The number of alkyl carbamates (subject to hydrolysis) is 1. The zero-order valence-corrected chi connectivity index (χ0v) is 34.0. The Bertz CT molecular complexity index is 1810. The fraction of sp³-hybridized carbons (Fsp3) is 0.628. The highest BCUT2D eigenvalue weighted by Crippen LogP contribution is 2.51. The Labute approximate surface area is 332 Å². The third-order valence-electron chi connectivity index (χ3n) is 13.7. The number of anilines is 1. The van der Waals surface area contributed by atoms with Gasteiger partial charge in [-0.25, -0.2) is 17.6 Å². The van der Waals surface area contributed by atoms with Crippen LogP contribution >= 0.6 is 0 Å². The number of nitrogens with one attached hydrogen (secondary N) is 1. The molecule has 4 aliphatic heterocycles. The van der Waals surface area contributed by atoms with Gasteiger partial charge in [-0.1, -0.05) is 25.1 Å². The number of amides is 2. The van der Waals surface area contributed by atoms with Crippen molar-refractivity contribution in [2.24, 2.45) is 17.8 Å². The molecule has 0 spiro atoms. The van der Waals surface area contributed by atoms with Crippen molar-refractivity contribution in [1.82, 2.24) is 20.0 Å². The van der Waals surface area contributed by atoms with Crippen molar-refractivity contribution in [3.63, 3.8) is 0 Å². The molecule has 2 amide bonds. The first-order valence-corrected chi connectivity index (χ1v) is 22.2. The Kier molecular flexibility index (Phi) is 12.4. The number of benzene rings is 2. The normalized spacial score (nSPS) is 25.8. The summed E-state index contributed by atoms with van der Waals surface area (Å²) in [6.45, 7) is 11.6. The molecule has 1 saturated carbocycles. The van der Waals surface area contributed by atoms with E-state index >= 15 is 4.39 Å². The molecular formula is C43H60FN5O6S. The number of sulfone groups is 1. The molecule has 2 aromatic carbocycles. The van der Waals surface area contributed by atoms with E-state index in [0.29, 0.717) is 37.0 Å². The maximum atomic E-state index is 15.1. The van der Waals surface area contributed by atoms with Crippen molar-refractivity contribution < 1.29 is 31.9 Å². The fourth-order valence-corrected chi connectivity index (χ4v) is 12.3. The van der Waals surface area contributed by atoms with Gasteiger partial charge >= 0.3 is 6.09 Å². The number of rotatable bonds is 14. The maximum absolute atomic E-state index is 15.1. The minimum atomic E-state index is -3.51. The molecule has 7 rings (SSSR count). The zero-order valence-electron chi connectivity index (χ0n) is 33.2. The van der Waals surface area contributed by atoms with E-state index in [1.807, 2.05) is 18.2 Å². The summed E-state index contributed by atoms with van der Waals surface area (Å²) in [6.07, 6.45) is 8.45. The van der Waals surface area contributed by atoms with Crippen molar-refractivity contribution in [3.8, 4) is 0 Å². The summed E-state index contributed by atoms with van der Waals surface area (Å²) in [5.74, 6) is 0.0364. The SMILES string of the molecule is C=CC(=O)N1CCC[C@H](CS(=O)(=O)c2ccc(N3CC(CN4CCC([C@@](CN5CCC5)(c5cccc(F)c5)[C@H]5CCC[C@@H]5NC(=O)OC)CC4)(OC)C3)cc2)C1. The van der Waals surface area contributed by atoms with Gasteiger partial charge in [0, 0.05) is 50.4 Å². The Morgan fingerprint density at radius 1 is 0.946 bits per heavy atom. The van der Waals surface area contributed by atoms with Gasteiger partial charge < -0.3 is 34.4 Å². The topological polar surface area (TPSA) is 112 Å². The van der Waals surface area contributed by atoms with Crippen LogP contribution in [0.1, 0.15) is 56.9 Å². The highest BCUT2D eigenvalue weighted by atomic mass is 32.2. The lowest BCUT2D eigenvalue weighted by Gasteiger charge is -2.55. The van der Waals surface area contributed by atoms with Gasteiger partial charge in [0.25, 0.3) is 0 Å².